The fraction of sp³-hybridized carbons (Fsp3) is 0.640. The molecule has 0 bridgehead atoms. The fourth-order valence-corrected chi connectivity index (χ4v) is 6.04. The van der Waals surface area contributed by atoms with Crippen LogP contribution in [0.25, 0.3) is 0 Å². The van der Waals surface area contributed by atoms with Crippen molar-refractivity contribution < 1.29 is 32.3 Å². The van der Waals surface area contributed by atoms with Crippen molar-refractivity contribution in [3.63, 3.8) is 0 Å². The second-order valence-corrected chi connectivity index (χ2v) is 12.5. The Hall–Kier alpha value is -2.50. The Kier molecular flexibility index (Phi) is 9.48. The lowest BCUT2D eigenvalue weighted by Crippen LogP contribution is -2.45. The van der Waals surface area contributed by atoms with E-state index < -0.39 is 33.5 Å². The molecule has 2 unspecified atom stereocenters. The van der Waals surface area contributed by atoms with Gasteiger partial charge in [0.05, 0.1) is 37.3 Å². The second kappa shape index (κ2) is 12.2. The zero-order chi connectivity index (χ0) is 26.3. The van der Waals surface area contributed by atoms with E-state index in [1.54, 1.807) is 49.9 Å². The molecule has 36 heavy (non-hydrogen) atoms. The number of carbonyl (C=O) groups excluding carboxylic acids is 3. The number of nitrogens with zero attached hydrogens (tertiary/aromatic N) is 2. The predicted octanol–water partition coefficient (Wildman–Crippen LogP) is 1.24. The summed E-state index contributed by atoms with van der Waals surface area (Å²) < 4.78 is 36.6. The largest absolute Gasteiger partial charge is 0.444 e. The SMILES string of the molecule is CC(C)(C)OC(=O)N1CC(=O)C(NCC(CC(=O)N2CCOCC2)CS(=O)(=O)Cc2ccccc2)C1. The Morgan fingerprint density at radius 1 is 1.14 bits per heavy atom. The maximum Gasteiger partial charge on any atom is 0.410 e. The maximum atomic E-state index is 13.0. The summed E-state index contributed by atoms with van der Waals surface area (Å²) in [5, 5.41) is 3.12. The maximum absolute atomic E-state index is 13.0. The third kappa shape index (κ3) is 8.86. The zero-order valence-corrected chi connectivity index (χ0v) is 22.1. The summed E-state index contributed by atoms with van der Waals surface area (Å²) in [6.45, 7) is 7.34. The molecule has 3 rings (SSSR count). The van der Waals surface area contributed by atoms with Crippen molar-refractivity contribution in [3.05, 3.63) is 35.9 Å². The Labute approximate surface area is 213 Å². The first-order valence-electron chi connectivity index (χ1n) is 12.3. The van der Waals surface area contributed by atoms with Gasteiger partial charge in [-0.05, 0) is 32.3 Å². The van der Waals surface area contributed by atoms with Gasteiger partial charge in [0, 0.05) is 32.6 Å². The Morgan fingerprint density at radius 2 is 1.81 bits per heavy atom. The van der Waals surface area contributed by atoms with Crippen LogP contribution in [0.4, 0.5) is 4.79 Å². The fourth-order valence-electron chi connectivity index (χ4n) is 4.26. The van der Waals surface area contributed by atoms with Crippen LogP contribution in [0.15, 0.2) is 30.3 Å². The van der Waals surface area contributed by atoms with Crippen LogP contribution in [0.2, 0.25) is 0 Å². The van der Waals surface area contributed by atoms with Gasteiger partial charge >= 0.3 is 6.09 Å². The van der Waals surface area contributed by atoms with Crippen LogP contribution < -0.4 is 5.32 Å². The van der Waals surface area contributed by atoms with E-state index in [-0.39, 0.29) is 49.3 Å². The molecule has 0 aliphatic carbocycles. The van der Waals surface area contributed by atoms with E-state index in [2.05, 4.69) is 5.32 Å². The molecule has 1 N–H and O–H groups in total. The Bertz CT molecular complexity index is 1020. The van der Waals surface area contributed by atoms with Gasteiger partial charge in [0.2, 0.25) is 5.91 Å². The lowest BCUT2D eigenvalue weighted by molar-refractivity contribution is -0.136. The molecule has 0 aromatic heterocycles. The minimum Gasteiger partial charge on any atom is -0.444 e. The molecule has 1 aromatic carbocycles. The van der Waals surface area contributed by atoms with Gasteiger partial charge < -0.3 is 19.7 Å². The molecule has 2 aliphatic rings. The van der Waals surface area contributed by atoms with Gasteiger partial charge in [0.25, 0.3) is 0 Å². The second-order valence-electron chi connectivity index (χ2n) is 10.4. The monoisotopic (exact) mass is 523 g/mol. The third-order valence-corrected chi connectivity index (χ3v) is 7.74. The normalized spacial score (nSPS) is 19.9. The van der Waals surface area contributed by atoms with Gasteiger partial charge in [-0.3, -0.25) is 14.5 Å². The van der Waals surface area contributed by atoms with E-state index in [0.717, 1.165) is 0 Å². The topological polar surface area (TPSA) is 122 Å². The van der Waals surface area contributed by atoms with E-state index in [4.69, 9.17) is 9.47 Å². The molecule has 11 heteroatoms. The lowest BCUT2D eigenvalue weighted by atomic mass is 10.1. The number of sulfone groups is 1. The molecule has 2 atom stereocenters. The average molecular weight is 524 g/mol. The number of hydrogen-bond donors (Lipinski definition) is 1. The number of amides is 2. The standard InChI is InChI=1S/C25H37N3O7S/c1-25(2,3)35-24(31)28-15-21(22(29)16-28)26-14-20(13-23(30)27-9-11-34-12-10-27)18-36(32,33)17-19-7-5-4-6-8-19/h4-8,20-21,26H,9-18H2,1-3H3. The van der Waals surface area contributed by atoms with Gasteiger partial charge in [0.1, 0.15) is 5.60 Å². The molecule has 2 amide bonds. The summed E-state index contributed by atoms with van der Waals surface area (Å²) in [4.78, 5) is 40.8. The Morgan fingerprint density at radius 3 is 2.44 bits per heavy atom. The minimum atomic E-state index is -3.52. The Balaban J connectivity index is 1.64. The first kappa shape index (κ1) is 28.1. The zero-order valence-electron chi connectivity index (χ0n) is 21.3. The third-order valence-electron chi connectivity index (χ3n) is 5.99. The number of likely N-dealkylation sites (tertiary alicyclic amines) is 1. The van der Waals surface area contributed by atoms with Gasteiger partial charge in [-0.25, -0.2) is 13.2 Å². The lowest BCUT2D eigenvalue weighted by Gasteiger charge is -2.29. The van der Waals surface area contributed by atoms with Crippen molar-refractivity contribution in [2.75, 3.05) is 51.7 Å². The number of ether oxygens (including phenoxy) is 2. The summed E-state index contributed by atoms with van der Waals surface area (Å²) in [5.41, 5.74) is 0.00617. The summed E-state index contributed by atoms with van der Waals surface area (Å²) in [6.07, 6.45) is -0.526. The number of nitrogens with one attached hydrogen (secondary N) is 1. The van der Waals surface area contributed by atoms with E-state index in [9.17, 15) is 22.8 Å². The van der Waals surface area contributed by atoms with Crippen molar-refractivity contribution >= 4 is 27.6 Å². The van der Waals surface area contributed by atoms with Gasteiger partial charge in [-0.15, -0.1) is 0 Å². The van der Waals surface area contributed by atoms with Crippen molar-refractivity contribution in [3.8, 4) is 0 Å². The highest BCUT2D eigenvalue weighted by Gasteiger charge is 2.36. The van der Waals surface area contributed by atoms with Crippen LogP contribution in [-0.2, 0) is 34.7 Å². The van der Waals surface area contributed by atoms with Crippen molar-refractivity contribution in [1.82, 2.24) is 15.1 Å². The van der Waals surface area contributed by atoms with Crippen LogP contribution in [-0.4, -0.2) is 99.3 Å². The molecule has 2 aliphatic heterocycles. The highest BCUT2D eigenvalue weighted by Crippen LogP contribution is 2.17. The van der Waals surface area contributed by atoms with Crippen LogP contribution in [0.3, 0.4) is 0 Å². The van der Waals surface area contributed by atoms with Crippen molar-refractivity contribution in [1.29, 1.82) is 0 Å². The molecular formula is C25H37N3O7S. The van der Waals surface area contributed by atoms with Gasteiger partial charge in [-0.2, -0.15) is 0 Å². The van der Waals surface area contributed by atoms with E-state index in [1.165, 1.54) is 4.90 Å². The molecule has 0 spiro atoms. The highest BCUT2D eigenvalue weighted by atomic mass is 32.2. The molecule has 2 heterocycles. The predicted molar refractivity (Wildman–Crippen MR) is 134 cm³/mol. The summed E-state index contributed by atoms with van der Waals surface area (Å²) >= 11 is 0. The number of carbonyl (C=O) groups is 3. The molecular weight excluding hydrogens is 486 g/mol. The first-order valence-corrected chi connectivity index (χ1v) is 14.1. The molecule has 2 fully saturated rings. The van der Waals surface area contributed by atoms with Crippen molar-refractivity contribution in [2.24, 2.45) is 5.92 Å². The van der Waals surface area contributed by atoms with Crippen LogP contribution in [0.1, 0.15) is 32.8 Å². The van der Waals surface area contributed by atoms with Crippen LogP contribution in [0.5, 0.6) is 0 Å². The van der Waals surface area contributed by atoms with Crippen LogP contribution >= 0.6 is 0 Å². The molecule has 0 radical (unpaired) electrons. The number of morpholine rings is 1. The number of Topliss-reactive ketones (excluding diaryl/α,β-unsaturated/α-hetero) is 1. The minimum absolute atomic E-state index is 0.0394. The smallest absolute Gasteiger partial charge is 0.410 e. The van der Waals surface area contributed by atoms with Gasteiger partial charge in [0.15, 0.2) is 15.6 Å². The summed E-state index contributed by atoms with van der Waals surface area (Å²) in [7, 11) is -3.52. The molecule has 10 nitrogen and oxygen atoms in total. The van der Waals surface area contributed by atoms with Gasteiger partial charge in [-0.1, -0.05) is 30.3 Å². The average Bonchev–Trinajstić information content (AvgIpc) is 3.18. The molecule has 1 aromatic rings. The molecule has 2 saturated heterocycles. The number of ketones is 1. The van der Waals surface area contributed by atoms with E-state index in [0.29, 0.717) is 31.9 Å². The van der Waals surface area contributed by atoms with E-state index in [1.807, 2.05) is 6.07 Å². The highest BCUT2D eigenvalue weighted by molar-refractivity contribution is 7.90. The molecule has 200 valence electrons. The summed E-state index contributed by atoms with van der Waals surface area (Å²) in [5.74, 6) is -1.15. The first-order chi connectivity index (χ1) is 16.9. The number of benzene rings is 1. The van der Waals surface area contributed by atoms with Crippen molar-refractivity contribution in [2.45, 2.75) is 44.6 Å². The molecule has 0 saturated carbocycles. The quantitative estimate of drug-likeness (QED) is 0.513. The summed E-state index contributed by atoms with van der Waals surface area (Å²) in [6, 6.07) is 8.26. The van der Waals surface area contributed by atoms with E-state index >= 15 is 0 Å². The van der Waals surface area contributed by atoms with Crippen LogP contribution in [0, 0.1) is 5.92 Å². The number of rotatable bonds is 9. The number of hydrogen-bond acceptors (Lipinski definition) is 8.